The van der Waals surface area contributed by atoms with Crippen molar-refractivity contribution in [2.75, 3.05) is 57.9 Å². The second-order valence-electron chi connectivity index (χ2n) is 10.2. The van der Waals surface area contributed by atoms with Crippen molar-refractivity contribution in [2.45, 2.75) is 51.5 Å². The number of fused-ring (bicyclic) bond motifs is 1. The molecule has 3 heterocycles. The molecule has 3 aliphatic heterocycles. The van der Waals surface area contributed by atoms with Crippen LogP contribution in [0.4, 0.5) is 5.69 Å². The highest BCUT2D eigenvalue weighted by molar-refractivity contribution is 5.99. The van der Waals surface area contributed by atoms with E-state index in [1.807, 2.05) is 45.0 Å². The lowest BCUT2D eigenvalue weighted by Gasteiger charge is -2.34. The molecule has 0 radical (unpaired) electrons. The number of likely N-dealkylation sites (N-methyl/N-ethyl adjacent to an activating group) is 1. The number of carbonyl (C=O) groups excluding carboxylic acids is 3. The summed E-state index contributed by atoms with van der Waals surface area (Å²) in [6.45, 7) is 10.6. The third kappa shape index (κ3) is 5.68. The zero-order valence-corrected chi connectivity index (χ0v) is 21.2. The highest BCUT2D eigenvalue weighted by Gasteiger charge is 2.53. The Hall–Kier alpha value is -2.49. The monoisotopic (exact) mass is 486 g/mol. The van der Waals surface area contributed by atoms with E-state index in [4.69, 9.17) is 9.47 Å². The van der Waals surface area contributed by atoms with Gasteiger partial charge < -0.3 is 29.5 Å². The molecule has 1 unspecified atom stereocenters. The number of benzene rings is 1. The molecule has 1 N–H and O–H groups in total. The van der Waals surface area contributed by atoms with Crippen molar-refractivity contribution >= 4 is 23.3 Å². The van der Waals surface area contributed by atoms with Gasteiger partial charge in [-0.2, -0.15) is 0 Å². The van der Waals surface area contributed by atoms with Gasteiger partial charge in [0.25, 0.3) is 5.91 Å². The number of piperazine rings is 1. The van der Waals surface area contributed by atoms with E-state index in [1.54, 1.807) is 4.90 Å². The van der Waals surface area contributed by atoms with Crippen molar-refractivity contribution in [1.82, 2.24) is 15.1 Å². The van der Waals surface area contributed by atoms with Gasteiger partial charge >= 0.3 is 0 Å². The molecule has 3 aliphatic rings. The fourth-order valence-electron chi connectivity index (χ4n) is 5.22. The van der Waals surface area contributed by atoms with E-state index >= 15 is 0 Å². The molecule has 9 heteroatoms. The van der Waals surface area contributed by atoms with Gasteiger partial charge in [0, 0.05) is 44.0 Å². The fourth-order valence-corrected chi connectivity index (χ4v) is 5.22. The molecular formula is C26H38N4O5. The van der Waals surface area contributed by atoms with Gasteiger partial charge in [-0.05, 0) is 50.6 Å². The molecule has 192 valence electrons. The van der Waals surface area contributed by atoms with Gasteiger partial charge in [0.2, 0.25) is 5.91 Å². The molecule has 35 heavy (non-hydrogen) atoms. The molecule has 0 aliphatic carbocycles. The van der Waals surface area contributed by atoms with Crippen LogP contribution in [0.15, 0.2) is 24.3 Å². The van der Waals surface area contributed by atoms with E-state index in [0.717, 1.165) is 31.9 Å². The van der Waals surface area contributed by atoms with Gasteiger partial charge in [-0.3, -0.25) is 14.4 Å². The van der Waals surface area contributed by atoms with Gasteiger partial charge in [0.05, 0.1) is 6.54 Å². The summed E-state index contributed by atoms with van der Waals surface area (Å²) in [6, 6.07) is 6.18. The van der Waals surface area contributed by atoms with Gasteiger partial charge in [-0.15, -0.1) is 0 Å². The van der Waals surface area contributed by atoms with Gasteiger partial charge in [-0.25, -0.2) is 0 Å². The molecule has 4 atom stereocenters. The van der Waals surface area contributed by atoms with E-state index < -0.39 is 18.2 Å². The largest absolute Gasteiger partial charge is 0.374 e. The first-order valence-electron chi connectivity index (χ1n) is 12.7. The summed E-state index contributed by atoms with van der Waals surface area (Å²) >= 11 is 0. The highest BCUT2D eigenvalue weighted by Crippen LogP contribution is 2.30. The normalized spacial score (nSPS) is 25.7. The van der Waals surface area contributed by atoms with E-state index in [2.05, 4.69) is 22.2 Å². The van der Waals surface area contributed by atoms with E-state index in [-0.39, 0.29) is 42.8 Å². The van der Waals surface area contributed by atoms with E-state index in [0.29, 0.717) is 18.6 Å². The first-order chi connectivity index (χ1) is 16.8. The molecule has 0 spiro atoms. The van der Waals surface area contributed by atoms with Crippen LogP contribution in [-0.2, 0) is 19.1 Å². The van der Waals surface area contributed by atoms with Gasteiger partial charge in [0.1, 0.15) is 30.9 Å². The highest BCUT2D eigenvalue weighted by atomic mass is 16.6. The number of hydrogen-bond donors (Lipinski definition) is 1. The average molecular weight is 487 g/mol. The van der Waals surface area contributed by atoms with Crippen molar-refractivity contribution < 1.29 is 23.9 Å². The lowest BCUT2D eigenvalue weighted by molar-refractivity contribution is -0.138. The molecule has 4 rings (SSSR count). The lowest BCUT2D eigenvalue weighted by Crippen LogP contribution is -2.52. The standard InChI is InChI=1S/C26H38N4O5/c1-5-34-22-15-30(23-21(31)16-35-24(22)23)26(33)20(14-17(2)3)27-25(32)18-6-8-19(9-7-18)29-12-10-28(4)11-13-29/h6-9,17,20,22-24H,5,10-16H2,1-4H3,(H,27,32)/t20?,22-,23+,24+/m0/s1. The van der Waals surface area contributed by atoms with Crippen LogP contribution in [0.5, 0.6) is 0 Å². The Labute approximate surface area is 207 Å². The Morgan fingerprint density at radius 1 is 1.14 bits per heavy atom. The molecular weight excluding hydrogens is 448 g/mol. The van der Waals surface area contributed by atoms with Crippen LogP contribution in [0.25, 0.3) is 0 Å². The quantitative estimate of drug-likeness (QED) is 0.590. The Balaban J connectivity index is 1.45. The Kier molecular flexibility index (Phi) is 8.09. The van der Waals surface area contributed by atoms with Gasteiger partial charge in [-0.1, -0.05) is 13.8 Å². The predicted molar refractivity (Wildman–Crippen MR) is 133 cm³/mol. The maximum Gasteiger partial charge on any atom is 0.251 e. The van der Waals surface area contributed by atoms with Crippen LogP contribution in [0.1, 0.15) is 37.6 Å². The Morgan fingerprint density at radius 2 is 1.83 bits per heavy atom. The number of nitrogens with zero attached hydrogens (tertiary/aromatic N) is 3. The number of likely N-dealkylation sites (tertiary alicyclic amines) is 1. The van der Waals surface area contributed by atoms with Crippen molar-refractivity contribution in [2.24, 2.45) is 5.92 Å². The number of ketones is 1. The summed E-state index contributed by atoms with van der Waals surface area (Å²) in [5, 5.41) is 2.94. The first-order valence-corrected chi connectivity index (χ1v) is 12.7. The molecule has 3 fully saturated rings. The molecule has 1 aromatic rings. The molecule has 0 saturated carbocycles. The minimum absolute atomic E-state index is 0.0104. The van der Waals surface area contributed by atoms with E-state index in [1.165, 1.54) is 0 Å². The van der Waals surface area contributed by atoms with Gasteiger partial charge in [0.15, 0.2) is 5.78 Å². The van der Waals surface area contributed by atoms with Crippen LogP contribution in [0.2, 0.25) is 0 Å². The minimum atomic E-state index is -0.728. The SMILES string of the molecule is CCO[C@H]1CN(C(=O)C(CC(C)C)NC(=O)c2ccc(N3CCN(C)CC3)cc2)[C@@H]2C(=O)CO[C@H]12. The zero-order valence-electron chi connectivity index (χ0n) is 21.2. The van der Waals surface area contributed by atoms with Crippen LogP contribution in [0.3, 0.4) is 0 Å². The Bertz CT molecular complexity index is 913. The van der Waals surface area contributed by atoms with Crippen molar-refractivity contribution in [3.63, 3.8) is 0 Å². The molecule has 1 aromatic carbocycles. The summed E-state index contributed by atoms with van der Waals surface area (Å²) in [7, 11) is 2.12. The van der Waals surface area contributed by atoms with Crippen LogP contribution < -0.4 is 10.2 Å². The van der Waals surface area contributed by atoms with Crippen molar-refractivity contribution in [3.8, 4) is 0 Å². The van der Waals surface area contributed by atoms with Crippen molar-refractivity contribution in [3.05, 3.63) is 29.8 Å². The fraction of sp³-hybridized carbons (Fsp3) is 0.654. The smallest absolute Gasteiger partial charge is 0.251 e. The number of hydrogen-bond acceptors (Lipinski definition) is 7. The maximum atomic E-state index is 13.6. The lowest BCUT2D eigenvalue weighted by atomic mass is 10.0. The number of Topliss-reactive ketones (excluding diaryl/α,β-unsaturated/α-hetero) is 1. The second kappa shape index (κ2) is 11.1. The van der Waals surface area contributed by atoms with Crippen LogP contribution in [0, 0.1) is 5.92 Å². The van der Waals surface area contributed by atoms with Crippen LogP contribution >= 0.6 is 0 Å². The predicted octanol–water partition coefficient (Wildman–Crippen LogP) is 1.17. The van der Waals surface area contributed by atoms with E-state index in [9.17, 15) is 14.4 Å². The molecule has 0 bridgehead atoms. The average Bonchev–Trinajstić information content (AvgIpc) is 3.39. The molecule has 0 aromatic heterocycles. The number of rotatable bonds is 8. The van der Waals surface area contributed by atoms with Crippen molar-refractivity contribution in [1.29, 1.82) is 0 Å². The zero-order chi connectivity index (χ0) is 25.1. The first kappa shape index (κ1) is 25.6. The van der Waals surface area contributed by atoms with Crippen LogP contribution in [-0.4, -0.2) is 105 Å². The summed E-state index contributed by atoms with van der Waals surface area (Å²) < 4.78 is 11.4. The number of nitrogens with one attached hydrogen (secondary N) is 1. The molecule has 3 saturated heterocycles. The Morgan fingerprint density at radius 3 is 2.46 bits per heavy atom. The number of carbonyl (C=O) groups is 3. The second-order valence-corrected chi connectivity index (χ2v) is 10.2. The third-order valence-electron chi connectivity index (χ3n) is 7.11. The number of amides is 2. The summed E-state index contributed by atoms with van der Waals surface area (Å²) in [5.74, 6) is -0.475. The summed E-state index contributed by atoms with van der Waals surface area (Å²) in [4.78, 5) is 45.4. The summed E-state index contributed by atoms with van der Waals surface area (Å²) in [6.07, 6.45) is -0.298. The number of ether oxygens (including phenoxy) is 2. The topological polar surface area (TPSA) is 91.4 Å². The number of anilines is 1. The third-order valence-corrected chi connectivity index (χ3v) is 7.11. The summed E-state index contributed by atoms with van der Waals surface area (Å²) in [5.41, 5.74) is 1.60. The maximum absolute atomic E-state index is 13.6. The minimum Gasteiger partial charge on any atom is -0.374 e. The molecule has 2 amide bonds. The molecule has 9 nitrogen and oxygen atoms in total.